The molecule has 0 amide bonds. The highest BCUT2D eigenvalue weighted by Gasteiger charge is 2.15. The van der Waals surface area contributed by atoms with Gasteiger partial charge in [0.2, 0.25) is 11.9 Å². The summed E-state index contributed by atoms with van der Waals surface area (Å²) < 4.78 is 7.11. The second-order valence-corrected chi connectivity index (χ2v) is 4.62. The van der Waals surface area contributed by atoms with E-state index in [0.717, 1.165) is 32.4 Å². The van der Waals surface area contributed by atoms with Crippen molar-refractivity contribution in [3.63, 3.8) is 0 Å². The lowest BCUT2D eigenvalue weighted by molar-refractivity contribution is 0.107. The van der Waals surface area contributed by atoms with Gasteiger partial charge in [0, 0.05) is 25.5 Å². The molecule has 1 unspecified atom stereocenters. The molecule has 2 aromatic heterocycles. The molecule has 2 aromatic rings. The van der Waals surface area contributed by atoms with Crippen LogP contribution in [0.5, 0.6) is 0 Å². The Hall–Kier alpha value is -2.22. The first kappa shape index (κ1) is 12.8. The van der Waals surface area contributed by atoms with Crippen molar-refractivity contribution < 1.29 is 4.74 Å². The second kappa shape index (κ2) is 5.83. The van der Waals surface area contributed by atoms with Crippen LogP contribution in [0, 0.1) is 0 Å². The molecule has 3 rings (SSSR count). The summed E-state index contributed by atoms with van der Waals surface area (Å²) in [7, 11) is 0. The average molecular weight is 275 g/mol. The number of hydrogen-bond donors (Lipinski definition) is 2. The Morgan fingerprint density at radius 1 is 1.40 bits per heavy atom. The molecule has 8 nitrogen and oxygen atoms in total. The highest BCUT2D eigenvalue weighted by atomic mass is 16.5. The fourth-order valence-electron chi connectivity index (χ4n) is 2.17. The van der Waals surface area contributed by atoms with E-state index in [9.17, 15) is 0 Å². The summed E-state index contributed by atoms with van der Waals surface area (Å²) in [6.07, 6.45) is 6.96. The van der Waals surface area contributed by atoms with Crippen LogP contribution in [-0.4, -0.2) is 44.0 Å². The van der Waals surface area contributed by atoms with E-state index >= 15 is 0 Å². The van der Waals surface area contributed by atoms with Gasteiger partial charge >= 0.3 is 0 Å². The lowest BCUT2D eigenvalue weighted by Gasteiger charge is -2.10. The second-order valence-electron chi connectivity index (χ2n) is 4.62. The van der Waals surface area contributed by atoms with Crippen LogP contribution in [0.15, 0.2) is 18.5 Å². The Morgan fingerprint density at radius 3 is 3.10 bits per heavy atom. The first-order valence-corrected chi connectivity index (χ1v) is 6.68. The minimum Gasteiger partial charge on any atom is -0.378 e. The van der Waals surface area contributed by atoms with Crippen molar-refractivity contribution in [3.8, 4) is 5.95 Å². The Labute approximate surface area is 116 Å². The van der Waals surface area contributed by atoms with Crippen molar-refractivity contribution in [1.82, 2.24) is 24.7 Å². The predicted molar refractivity (Wildman–Crippen MR) is 73.4 cm³/mol. The van der Waals surface area contributed by atoms with Crippen LogP contribution < -0.4 is 11.1 Å². The molecular weight excluding hydrogens is 258 g/mol. The third kappa shape index (κ3) is 3.02. The molecule has 1 saturated heterocycles. The van der Waals surface area contributed by atoms with Gasteiger partial charge in [-0.2, -0.15) is 20.1 Å². The number of nitrogens with zero attached hydrogens (tertiary/aromatic N) is 5. The van der Waals surface area contributed by atoms with Gasteiger partial charge in [0.25, 0.3) is 5.95 Å². The summed E-state index contributed by atoms with van der Waals surface area (Å²) in [4.78, 5) is 12.4. The third-order valence-corrected chi connectivity index (χ3v) is 3.12. The zero-order chi connectivity index (χ0) is 13.8. The molecule has 0 radical (unpaired) electrons. The first-order chi connectivity index (χ1) is 9.81. The fraction of sp³-hybridized carbons (Fsp3) is 0.500. The van der Waals surface area contributed by atoms with Gasteiger partial charge in [-0.15, -0.1) is 0 Å². The number of ether oxygens (including phenoxy) is 1. The smallest absolute Gasteiger partial charge is 0.257 e. The molecule has 1 aliphatic rings. The summed E-state index contributed by atoms with van der Waals surface area (Å²) in [5.41, 5.74) is 5.69. The van der Waals surface area contributed by atoms with E-state index in [2.05, 4.69) is 25.4 Å². The zero-order valence-corrected chi connectivity index (χ0v) is 11.1. The van der Waals surface area contributed by atoms with Gasteiger partial charge < -0.3 is 15.8 Å². The largest absolute Gasteiger partial charge is 0.378 e. The van der Waals surface area contributed by atoms with E-state index in [1.165, 1.54) is 0 Å². The lowest BCUT2D eigenvalue weighted by Crippen LogP contribution is -2.16. The lowest BCUT2D eigenvalue weighted by atomic mass is 10.2. The van der Waals surface area contributed by atoms with Crippen LogP contribution in [0.1, 0.15) is 19.3 Å². The average Bonchev–Trinajstić information content (AvgIpc) is 3.11. The molecule has 1 atom stereocenters. The number of nitrogens with two attached hydrogens (primary N) is 1. The van der Waals surface area contributed by atoms with E-state index in [4.69, 9.17) is 10.5 Å². The molecule has 1 aliphatic heterocycles. The predicted octanol–water partition coefficient (Wildman–Crippen LogP) is 0.620. The maximum Gasteiger partial charge on any atom is 0.257 e. The molecule has 0 aromatic carbocycles. The number of hydrogen-bond acceptors (Lipinski definition) is 7. The molecule has 8 heteroatoms. The number of nitrogen functional groups attached to an aromatic ring is 1. The van der Waals surface area contributed by atoms with Crippen molar-refractivity contribution in [1.29, 1.82) is 0 Å². The van der Waals surface area contributed by atoms with Crippen LogP contribution >= 0.6 is 0 Å². The van der Waals surface area contributed by atoms with E-state index in [0.29, 0.717) is 18.0 Å². The molecule has 0 bridgehead atoms. The van der Waals surface area contributed by atoms with Gasteiger partial charge in [-0.1, -0.05) is 0 Å². The van der Waals surface area contributed by atoms with Gasteiger partial charge in [-0.05, 0) is 25.3 Å². The quantitative estimate of drug-likeness (QED) is 0.824. The van der Waals surface area contributed by atoms with Gasteiger partial charge in [0.05, 0.1) is 6.10 Å². The maximum atomic E-state index is 5.69. The first-order valence-electron chi connectivity index (χ1n) is 6.68. The van der Waals surface area contributed by atoms with Crippen LogP contribution in [0.25, 0.3) is 5.95 Å². The van der Waals surface area contributed by atoms with E-state index in [1.54, 1.807) is 23.1 Å². The summed E-state index contributed by atoms with van der Waals surface area (Å²) in [6.45, 7) is 1.61. The van der Waals surface area contributed by atoms with E-state index in [-0.39, 0.29) is 5.95 Å². The Balaban J connectivity index is 1.63. The number of aromatic nitrogens is 5. The fourth-order valence-corrected chi connectivity index (χ4v) is 2.17. The van der Waals surface area contributed by atoms with Crippen molar-refractivity contribution in [3.05, 3.63) is 18.5 Å². The summed E-state index contributed by atoms with van der Waals surface area (Å²) >= 11 is 0. The number of anilines is 2. The maximum absolute atomic E-state index is 5.69. The van der Waals surface area contributed by atoms with Crippen LogP contribution in [0.3, 0.4) is 0 Å². The molecular formula is C12H17N7O. The molecule has 0 saturated carbocycles. The Bertz CT molecular complexity index is 551. The molecule has 20 heavy (non-hydrogen) atoms. The highest BCUT2D eigenvalue weighted by Crippen LogP contribution is 2.15. The van der Waals surface area contributed by atoms with Gasteiger partial charge in [-0.25, -0.2) is 4.68 Å². The minimum absolute atomic E-state index is 0.171. The summed E-state index contributed by atoms with van der Waals surface area (Å²) in [5.74, 6) is 1.04. The molecule has 0 spiro atoms. The van der Waals surface area contributed by atoms with E-state index < -0.39 is 0 Å². The van der Waals surface area contributed by atoms with Crippen LogP contribution in [0.2, 0.25) is 0 Å². The summed E-state index contributed by atoms with van der Waals surface area (Å²) in [5, 5.41) is 7.22. The topological polar surface area (TPSA) is 104 Å². The van der Waals surface area contributed by atoms with Gasteiger partial charge in [0.15, 0.2) is 0 Å². The SMILES string of the molecule is Nc1nc(NCCC2CCCO2)nc(-n2cccn2)n1. The molecule has 3 N–H and O–H groups in total. The Morgan fingerprint density at radius 2 is 2.35 bits per heavy atom. The Kier molecular flexibility index (Phi) is 3.73. The van der Waals surface area contributed by atoms with E-state index in [1.807, 2.05) is 0 Å². The summed E-state index contributed by atoms with van der Waals surface area (Å²) in [6, 6.07) is 1.80. The standard InChI is InChI=1S/C12H17N7O/c13-10-16-11(14-6-4-9-3-1-8-20-9)18-12(17-10)19-7-2-5-15-19/h2,5,7,9H,1,3-4,6,8H2,(H3,13,14,16,17,18). The van der Waals surface area contributed by atoms with Crippen molar-refractivity contribution in [2.45, 2.75) is 25.4 Å². The third-order valence-electron chi connectivity index (χ3n) is 3.12. The molecule has 1 fully saturated rings. The molecule has 106 valence electrons. The minimum atomic E-state index is 0.171. The van der Waals surface area contributed by atoms with Gasteiger partial charge in [-0.3, -0.25) is 0 Å². The number of nitrogens with one attached hydrogen (secondary N) is 1. The monoisotopic (exact) mass is 275 g/mol. The highest BCUT2D eigenvalue weighted by molar-refractivity contribution is 5.34. The van der Waals surface area contributed by atoms with Crippen molar-refractivity contribution >= 4 is 11.9 Å². The molecule has 0 aliphatic carbocycles. The van der Waals surface area contributed by atoms with Crippen LogP contribution in [0.4, 0.5) is 11.9 Å². The van der Waals surface area contributed by atoms with Gasteiger partial charge in [0.1, 0.15) is 0 Å². The van der Waals surface area contributed by atoms with Crippen LogP contribution in [-0.2, 0) is 4.74 Å². The normalized spacial score (nSPS) is 18.3. The van der Waals surface area contributed by atoms with Crippen molar-refractivity contribution in [2.24, 2.45) is 0 Å². The number of rotatable bonds is 5. The zero-order valence-electron chi connectivity index (χ0n) is 11.1. The molecule has 3 heterocycles. The van der Waals surface area contributed by atoms with Crippen molar-refractivity contribution in [2.75, 3.05) is 24.2 Å².